The van der Waals surface area contributed by atoms with Gasteiger partial charge in [-0.3, -0.25) is 4.79 Å². The van der Waals surface area contributed by atoms with Gasteiger partial charge in [-0.1, -0.05) is 36.4 Å². The van der Waals surface area contributed by atoms with Gasteiger partial charge in [-0.05, 0) is 17.9 Å². The molecule has 2 bridgehead atoms. The fourth-order valence-corrected chi connectivity index (χ4v) is 5.76. The van der Waals surface area contributed by atoms with E-state index in [2.05, 4.69) is 0 Å². The second-order valence-corrected chi connectivity index (χ2v) is 9.03. The maximum absolute atomic E-state index is 13.1. The Hall–Kier alpha value is -2.45. The number of hydrogen-bond donors (Lipinski definition) is 0. The number of fused-ring (bicyclic) bond motifs is 6. The number of carbonyl (C=O) groups is 2. The van der Waals surface area contributed by atoms with E-state index in [9.17, 15) is 18.0 Å². The number of hydrogen-bond acceptors (Lipinski definition) is 4. The van der Waals surface area contributed by atoms with Crippen LogP contribution in [0.1, 0.15) is 6.42 Å². The summed E-state index contributed by atoms with van der Waals surface area (Å²) in [7, 11) is -3.41. The highest BCUT2D eigenvalue weighted by molar-refractivity contribution is 7.88. The minimum atomic E-state index is -3.41. The average molecular weight is 371 g/mol. The van der Waals surface area contributed by atoms with Gasteiger partial charge in [-0.25, -0.2) is 18.1 Å². The molecule has 0 aliphatic carbocycles. The first kappa shape index (κ1) is 15.8. The van der Waals surface area contributed by atoms with E-state index in [1.54, 1.807) is 11.0 Å². The molecule has 2 aromatic rings. The summed E-state index contributed by atoms with van der Waals surface area (Å²) < 4.78 is 25.4. The topological polar surface area (TPSA) is 78.0 Å². The zero-order valence-electron chi connectivity index (χ0n) is 14.1. The van der Waals surface area contributed by atoms with Crippen LogP contribution < -0.4 is 4.90 Å². The predicted octanol–water partition coefficient (Wildman–Crippen LogP) is 1.39. The van der Waals surface area contributed by atoms with Crippen molar-refractivity contribution in [3.05, 3.63) is 42.5 Å². The number of nitrogens with zero attached hydrogens (tertiary/aromatic N) is 3. The summed E-state index contributed by atoms with van der Waals surface area (Å²) in [6, 6.07) is 11.3. The van der Waals surface area contributed by atoms with Crippen molar-refractivity contribution in [2.75, 3.05) is 17.7 Å². The van der Waals surface area contributed by atoms with Crippen LogP contribution in [0.15, 0.2) is 42.5 Å². The van der Waals surface area contributed by atoms with Crippen molar-refractivity contribution in [2.24, 2.45) is 0 Å². The molecule has 26 heavy (non-hydrogen) atoms. The van der Waals surface area contributed by atoms with E-state index in [-0.39, 0.29) is 24.5 Å². The molecule has 0 spiro atoms. The summed E-state index contributed by atoms with van der Waals surface area (Å²) in [5.41, 5.74) is 0.554. The summed E-state index contributed by atoms with van der Waals surface area (Å²) in [6.07, 6.45) is 1.68. The van der Waals surface area contributed by atoms with Crippen LogP contribution in [0.3, 0.4) is 0 Å². The minimum absolute atomic E-state index is 0.240. The monoisotopic (exact) mass is 371 g/mol. The molecular weight excluding hydrogens is 354 g/mol. The second kappa shape index (κ2) is 5.05. The maximum atomic E-state index is 13.1. The Labute approximate surface area is 150 Å². The molecule has 134 valence electrons. The van der Waals surface area contributed by atoms with Gasteiger partial charge in [-0.2, -0.15) is 4.31 Å². The molecule has 8 heteroatoms. The normalized spacial score (nSPS) is 28.4. The fourth-order valence-electron chi connectivity index (χ4n) is 4.62. The van der Waals surface area contributed by atoms with Gasteiger partial charge in [0.15, 0.2) is 0 Å². The van der Waals surface area contributed by atoms with Gasteiger partial charge in [0, 0.05) is 18.0 Å². The van der Waals surface area contributed by atoms with Crippen LogP contribution in [-0.4, -0.2) is 60.5 Å². The number of imide groups is 1. The van der Waals surface area contributed by atoms with E-state index < -0.39 is 22.1 Å². The van der Waals surface area contributed by atoms with E-state index in [1.165, 1.54) is 9.21 Å². The molecule has 7 nitrogen and oxygen atoms in total. The standard InChI is InChI=1S/C18H17N3O4S/c1-26(24,25)19-10-12-9-15(19)16-17(22)21(18(23)20(12)16)14-8-4-6-11-5-2-3-7-13(11)14/h2-8,12,15-16H,9-10H2,1H3/t12-,15?,16?/m1/s1. The van der Waals surface area contributed by atoms with Gasteiger partial charge in [-0.15, -0.1) is 0 Å². The van der Waals surface area contributed by atoms with E-state index >= 15 is 0 Å². The fraction of sp³-hybridized carbons (Fsp3) is 0.333. The molecule has 0 aromatic heterocycles. The van der Waals surface area contributed by atoms with E-state index in [4.69, 9.17) is 0 Å². The predicted molar refractivity (Wildman–Crippen MR) is 96.2 cm³/mol. The van der Waals surface area contributed by atoms with E-state index in [1.807, 2.05) is 36.4 Å². The van der Waals surface area contributed by atoms with Crippen LogP contribution in [0, 0.1) is 0 Å². The quantitative estimate of drug-likeness (QED) is 0.748. The third-order valence-corrected chi connectivity index (χ3v) is 6.92. The Morgan fingerprint density at radius 3 is 2.54 bits per heavy atom. The Bertz CT molecular complexity index is 1060. The maximum Gasteiger partial charge on any atom is 0.332 e. The molecule has 3 amide bonds. The summed E-state index contributed by atoms with van der Waals surface area (Å²) in [4.78, 5) is 29.0. The Balaban J connectivity index is 1.60. The summed E-state index contributed by atoms with van der Waals surface area (Å²) in [6.45, 7) is 0.266. The molecule has 3 saturated heterocycles. The number of amides is 3. The zero-order chi connectivity index (χ0) is 18.2. The Kier molecular flexibility index (Phi) is 3.06. The number of rotatable bonds is 2. The van der Waals surface area contributed by atoms with Gasteiger partial charge >= 0.3 is 6.03 Å². The molecule has 0 radical (unpaired) electrons. The third-order valence-electron chi connectivity index (χ3n) is 5.65. The van der Waals surface area contributed by atoms with E-state index in [0.29, 0.717) is 12.1 Å². The first-order valence-electron chi connectivity index (χ1n) is 8.49. The van der Waals surface area contributed by atoms with Crippen molar-refractivity contribution in [3.63, 3.8) is 0 Å². The largest absolute Gasteiger partial charge is 0.332 e. The highest BCUT2D eigenvalue weighted by Gasteiger charge is 2.63. The lowest BCUT2D eigenvalue weighted by Gasteiger charge is -2.33. The molecule has 3 aliphatic rings. The molecule has 0 N–H and O–H groups in total. The smallest absolute Gasteiger partial charge is 0.306 e. The second-order valence-electron chi connectivity index (χ2n) is 7.10. The van der Waals surface area contributed by atoms with Gasteiger partial charge in [0.2, 0.25) is 10.0 Å². The van der Waals surface area contributed by atoms with Crippen molar-refractivity contribution in [3.8, 4) is 0 Å². The summed E-state index contributed by atoms with van der Waals surface area (Å²) in [5, 5.41) is 1.77. The minimum Gasteiger partial charge on any atom is -0.306 e. The van der Waals surface area contributed by atoms with Gasteiger partial charge in [0.1, 0.15) is 6.04 Å². The molecule has 3 heterocycles. The summed E-state index contributed by atoms with van der Waals surface area (Å²) in [5.74, 6) is -0.341. The SMILES string of the molecule is CS(=O)(=O)N1C[C@H]2CC1C1C(=O)N(c3cccc4ccccc34)C(=O)N12. The number of carbonyl (C=O) groups excluding carboxylic acids is 2. The highest BCUT2D eigenvalue weighted by Crippen LogP contribution is 2.44. The van der Waals surface area contributed by atoms with Crippen molar-refractivity contribution < 1.29 is 18.0 Å². The van der Waals surface area contributed by atoms with Crippen LogP contribution in [0.4, 0.5) is 10.5 Å². The lowest BCUT2D eigenvalue weighted by atomic mass is 10.1. The van der Waals surface area contributed by atoms with Gasteiger partial charge < -0.3 is 4.90 Å². The van der Waals surface area contributed by atoms with Crippen molar-refractivity contribution in [1.82, 2.24) is 9.21 Å². The molecule has 3 atom stereocenters. The summed E-state index contributed by atoms with van der Waals surface area (Å²) >= 11 is 0. The van der Waals surface area contributed by atoms with Crippen LogP contribution in [0.25, 0.3) is 10.8 Å². The number of urea groups is 1. The van der Waals surface area contributed by atoms with Crippen LogP contribution in [0.5, 0.6) is 0 Å². The molecule has 2 unspecified atom stereocenters. The van der Waals surface area contributed by atoms with E-state index in [0.717, 1.165) is 17.0 Å². The molecule has 5 rings (SSSR count). The first-order chi connectivity index (χ1) is 12.4. The number of piperazine rings is 1. The molecule has 3 aliphatic heterocycles. The van der Waals surface area contributed by atoms with Crippen molar-refractivity contribution in [2.45, 2.75) is 24.5 Å². The van der Waals surface area contributed by atoms with Crippen LogP contribution >= 0.6 is 0 Å². The molecular formula is C18H17N3O4S. The first-order valence-corrected chi connectivity index (χ1v) is 10.3. The van der Waals surface area contributed by atoms with Gasteiger partial charge in [0.05, 0.1) is 18.0 Å². The van der Waals surface area contributed by atoms with Crippen LogP contribution in [0.2, 0.25) is 0 Å². The molecule has 3 fully saturated rings. The Morgan fingerprint density at radius 2 is 1.77 bits per heavy atom. The number of anilines is 1. The Morgan fingerprint density at radius 1 is 1.04 bits per heavy atom. The van der Waals surface area contributed by atoms with Crippen LogP contribution in [-0.2, 0) is 14.8 Å². The highest BCUT2D eigenvalue weighted by atomic mass is 32.2. The zero-order valence-corrected chi connectivity index (χ0v) is 14.9. The molecule has 2 aromatic carbocycles. The van der Waals surface area contributed by atoms with Crippen molar-refractivity contribution >= 4 is 38.4 Å². The lowest BCUT2D eigenvalue weighted by Crippen LogP contribution is -2.54. The average Bonchev–Trinajstić information content (AvgIpc) is 3.26. The lowest BCUT2D eigenvalue weighted by molar-refractivity contribution is -0.120. The number of benzene rings is 2. The molecule has 0 saturated carbocycles. The van der Waals surface area contributed by atoms with Gasteiger partial charge in [0.25, 0.3) is 5.91 Å². The number of sulfonamides is 1. The third kappa shape index (κ3) is 1.94. The van der Waals surface area contributed by atoms with Crippen molar-refractivity contribution in [1.29, 1.82) is 0 Å².